The van der Waals surface area contributed by atoms with Crippen LogP contribution in [-0.4, -0.2) is 29.9 Å². The summed E-state index contributed by atoms with van der Waals surface area (Å²) in [6.45, 7) is 2.04. The maximum Gasteiger partial charge on any atom is 0.191 e. The number of benzene rings is 1. The number of aromatic nitrogens is 2. The van der Waals surface area contributed by atoms with E-state index in [1.807, 2.05) is 17.8 Å². The van der Waals surface area contributed by atoms with E-state index in [0.29, 0.717) is 13.2 Å². The highest BCUT2D eigenvalue weighted by atomic mass is 127. The van der Waals surface area contributed by atoms with Gasteiger partial charge in [-0.05, 0) is 17.2 Å². The molecule has 2 N–H and O–H groups in total. The minimum absolute atomic E-state index is 0. The molecule has 1 heterocycles. The van der Waals surface area contributed by atoms with Crippen molar-refractivity contribution in [3.63, 3.8) is 0 Å². The first-order chi connectivity index (χ1) is 10.7. The van der Waals surface area contributed by atoms with Crippen LogP contribution >= 0.6 is 24.0 Å². The van der Waals surface area contributed by atoms with Crippen LogP contribution in [0.25, 0.3) is 0 Å². The van der Waals surface area contributed by atoms with Crippen LogP contribution < -0.4 is 10.6 Å². The minimum Gasteiger partial charge on any atom is -0.380 e. The number of nitrogens with one attached hydrogen (secondary N) is 2. The fraction of sp³-hybridized carbons (Fsp3) is 0.375. The minimum atomic E-state index is 0. The van der Waals surface area contributed by atoms with Crippen molar-refractivity contribution in [1.29, 1.82) is 0 Å². The van der Waals surface area contributed by atoms with Crippen LogP contribution in [0.3, 0.4) is 0 Å². The molecule has 0 aliphatic carbocycles. The molecule has 0 atom stereocenters. The van der Waals surface area contributed by atoms with E-state index < -0.39 is 0 Å². The van der Waals surface area contributed by atoms with Crippen molar-refractivity contribution >= 4 is 29.9 Å². The molecule has 0 fully saturated rings. The topological polar surface area (TPSA) is 63.5 Å². The van der Waals surface area contributed by atoms with Crippen molar-refractivity contribution in [3.05, 3.63) is 53.3 Å². The first kappa shape index (κ1) is 19.4. The summed E-state index contributed by atoms with van der Waals surface area (Å²) < 4.78 is 6.95. The maximum atomic E-state index is 5.11. The molecular formula is C16H24IN5O. The van der Waals surface area contributed by atoms with Crippen LogP contribution in [0.4, 0.5) is 0 Å². The van der Waals surface area contributed by atoms with Gasteiger partial charge in [-0.25, -0.2) is 0 Å². The fourth-order valence-corrected chi connectivity index (χ4v) is 2.08. The Morgan fingerprint density at radius 2 is 1.78 bits per heavy atom. The normalized spacial score (nSPS) is 11.0. The highest BCUT2D eigenvalue weighted by molar-refractivity contribution is 14.0. The highest BCUT2D eigenvalue weighted by Crippen LogP contribution is 2.05. The van der Waals surface area contributed by atoms with E-state index in [-0.39, 0.29) is 24.0 Å². The number of halogens is 1. The molecule has 6 nitrogen and oxygen atoms in total. The Kier molecular flexibility index (Phi) is 8.64. The van der Waals surface area contributed by atoms with Gasteiger partial charge >= 0.3 is 0 Å². The SMILES string of the molecule is CN=C(NCc1ccc(COC)cc1)NCc1ccnn1C.I. The zero-order valence-electron chi connectivity index (χ0n) is 13.7. The van der Waals surface area contributed by atoms with E-state index >= 15 is 0 Å². The second kappa shape index (κ2) is 10.2. The number of hydrogen-bond donors (Lipinski definition) is 2. The van der Waals surface area contributed by atoms with Crippen molar-refractivity contribution < 1.29 is 4.74 Å². The molecular weight excluding hydrogens is 405 g/mol. The number of rotatable bonds is 6. The molecule has 23 heavy (non-hydrogen) atoms. The van der Waals surface area contributed by atoms with E-state index in [1.165, 1.54) is 11.1 Å². The van der Waals surface area contributed by atoms with Crippen LogP contribution in [0.1, 0.15) is 16.8 Å². The Bertz CT molecular complexity index is 609. The summed E-state index contributed by atoms with van der Waals surface area (Å²) in [5, 5.41) is 10.7. The Morgan fingerprint density at radius 3 is 2.35 bits per heavy atom. The third-order valence-corrected chi connectivity index (χ3v) is 3.38. The average Bonchev–Trinajstić information content (AvgIpc) is 2.94. The van der Waals surface area contributed by atoms with Gasteiger partial charge in [0, 0.05) is 33.9 Å². The summed E-state index contributed by atoms with van der Waals surface area (Å²) in [7, 11) is 5.39. The zero-order chi connectivity index (χ0) is 15.8. The molecule has 0 aliphatic heterocycles. The lowest BCUT2D eigenvalue weighted by atomic mass is 10.1. The summed E-state index contributed by atoms with van der Waals surface area (Å²) in [4.78, 5) is 4.22. The van der Waals surface area contributed by atoms with Gasteiger partial charge in [0.25, 0.3) is 0 Å². The summed E-state index contributed by atoms with van der Waals surface area (Å²) in [5.41, 5.74) is 3.47. The summed E-state index contributed by atoms with van der Waals surface area (Å²) in [6.07, 6.45) is 1.79. The van der Waals surface area contributed by atoms with Crippen LogP contribution in [0.2, 0.25) is 0 Å². The summed E-state index contributed by atoms with van der Waals surface area (Å²) >= 11 is 0. The van der Waals surface area contributed by atoms with Crippen molar-refractivity contribution in [1.82, 2.24) is 20.4 Å². The second-order valence-corrected chi connectivity index (χ2v) is 4.97. The van der Waals surface area contributed by atoms with E-state index in [0.717, 1.165) is 18.2 Å². The lowest BCUT2D eigenvalue weighted by molar-refractivity contribution is 0.185. The number of aryl methyl sites for hydroxylation is 1. The van der Waals surface area contributed by atoms with E-state index in [9.17, 15) is 0 Å². The maximum absolute atomic E-state index is 5.11. The van der Waals surface area contributed by atoms with Gasteiger partial charge in [0.2, 0.25) is 0 Å². The first-order valence-electron chi connectivity index (χ1n) is 7.21. The molecule has 2 aromatic rings. The quantitative estimate of drug-likeness (QED) is 0.419. The molecule has 0 saturated carbocycles. The number of nitrogens with zero attached hydrogens (tertiary/aromatic N) is 3. The number of hydrogen-bond acceptors (Lipinski definition) is 3. The van der Waals surface area contributed by atoms with Crippen molar-refractivity contribution in [3.8, 4) is 0 Å². The molecule has 1 aromatic carbocycles. The number of methoxy groups -OCH3 is 1. The molecule has 0 bridgehead atoms. The molecule has 0 amide bonds. The van der Waals surface area contributed by atoms with Gasteiger partial charge in [-0.1, -0.05) is 24.3 Å². The lowest BCUT2D eigenvalue weighted by Crippen LogP contribution is -2.36. The van der Waals surface area contributed by atoms with E-state index in [4.69, 9.17) is 4.74 Å². The van der Waals surface area contributed by atoms with Gasteiger partial charge in [0.1, 0.15) is 0 Å². The molecule has 1 aromatic heterocycles. The van der Waals surface area contributed by atoms with Gasteiger partial charge in [0.15, 0.2) is 5.96 Å². The summed E-state index contributed by atoms with van der Waals surface area (Å²) in [6, 6.07) is 10.3. The summed E-state index contributed by atoms with van der Waals surface area (Å²) in [5.74, 6) is 0.766. The van der Waals surface area contributed by atoms with Crippen LogP contribution in [0, 0.1) is 0 Å². The molecule has 2 rings (SSSR count). The van der Waals surface area contributed by atoms with Crippen molar-refractivity contribution in [2.24, 2.45) is 12.0 Å². The Hall–Kier alpha value is -1.61. The molecule has 0 spiro atoms. The second-order valence-electron chi connectivity index (χ2n) is 4.97. The van der Waals surface area contributed by atoms with Gasteiger partial charge in [-0.2, -0.15) is 5.10 Å². The van der Waals surface area contributed by atoms with Gasteiger partial charge in [-0.3, -0.25) is 9.67 Å². The molecule has 0 aliphatic rings. The Morgan fingerprint density at radius 1 is 1.13 bits per heavy atom. The fourth-order valence-electron chi connectivity index (χ4n) is 2.08. The van der Waals surface area contributed by atoms with E-state index in [1.54, 1.807) is 20.4 Å². The molecule has 0 unspecified atom stereocenters. The number of ether oxygens (including phenoxy) is 1. The first-order valence-corrected chi connectivity index (χ1v) is 7.21. The third kappa shape index (κ3) is 6.19. The number of aliphatic imine (C=N–C) groups is 1. The average molecular weight is 429 g/mol. The predicted octanol–water partition coefficient (Wildman–Crippen LogP) is 2.05. The van der Waals surface area contributed by atoms with Crippen LogP contribution in [0.5, 0.6) is 0 Å². The number of guanidine groups is 1. The molecule has 0 saturated heterocycles. The van der Waals surface area contributed by atoms with Gasteiger partial charge in [-0.15, -0.1) is 24.0 Å². The van der Waals surface area contributed by atoms with Crippen LogP contribution in [-0.2, 0) is 31.5 Å². The van der Waals surface area contributed by atoms with Gasteiger partial charge in [0.05, 0.1) is 18.8 Å². The monoisotopic (exact) mass is 429 g/mol. The van der Waals surface area contributed by atoms with E-state index in [2.05, 4.69) is 45.0 Å². The Labute approximate surface area is 154 Å². The zero-order valence-corrected chi connectivity index (χ0v) is 16.1. The standard InChI is InChI=1S/C16H23N5O.HI/c1-17-16(19-11-15-8-9-20-21(15)2)18-10-13-4-6-14(7-5-13)12-22-3;/h4-9H,10-12H2,1-3H3,(H2,17,18,19);1H. The molecule has 126 valence electrons. The van der Waals surface area contributed by atoms with Crippen molar-refractivity contribution in [2.45, 2.75) is 19.7 Å². The highest BCUT2D eigenvalue weighted by Gasteiger charge is 2.02. The molecule has 7 heteroatoms. The lowest BCUT2D eigenvalue weighted by Gasteiger charge is -2.12. The Balaban J connectivity index is 0.00000264. The van der Waals surface area contributed by atoms with Crippen LogP contribution in [0.15, 0.2) is 41.5 Å². The predicted molar refractivity (Wildman–Crippen MR) is 103 cm³/mol. The van der Waals surface area contributed by atoms with Gasteiger partial charge < -0.3 is 15.4 Å². The third-order valence-electron chi connectivity index (χ3n) is 3.38. The largest absolute Gasteiger partial charge is 0.380 e. The molecule has 0 radical (unpaired) electrons. The smallest absolute Gasteiger partial charge is 0.191 e. The van der Waals surface area contributed by atoms with Crippen molar-refractivity contribution in [2.75, 3.05) is 14.2 Å².